The summed E-state index contributed by atoms with van der Waals surface area (Å²) in [5, 5.41) is 5.18. The number of carbonyl (C=O) groups is 1. The van der Waals surface area contributed by atoms with Gasteiger partial charge in [-0.05, 0) is 30.0 Å². The van der Waals surface area contributed by atoms with Crippen molar-refractivity contribution in [2.24, 2.45) is 0 Å². The van der Waals surface area contributed by atoms with Crippen molar-refractivity contribution in [1.82, 2.24) is 4.98 Å². The van der Waals surface area contributed by atoms with Gasteiger partial charge in [-0.3, -0.25) is 0 Å². The van der Waals surface area contributed by atoms with Crippen molar-refractivity contribution >= 4 is 39.6 Å². The molecule has 0 N–H and O–H groups in total. The number of esters is 1. The molecule has 3 aromatic heterocycles. The molecule has 0 aliphatic carbocycles. The molecule has 1 aromatic carbocycles. The van der Waals surface area contributed by atoms with E-state index in [1.54, 1.807) is 22.8 Å². The number of thiazole rings is 1. The lowest BCUT2D eigenvalue weighted by Crippen LogP contribution is -2.08. The third kappa shape index (κ3) is 3.31. The topological polar surface area (TPSA) is 69.4 Å². The van der Waals surface area contributed by atoms with E-state index in [-0.39, 0.29) is 12.3 Å². The molecule has 0 saturated carbocycles. The fourth-order valence-electron chi connectivity index (χ4n) is 2.55. The van der Waals surface area contributed by atoms with E-state index >= 15 is 0 Å². The third-order valence-electron chi connectivity index (χ3n) is 3.79. The molecule has 5 nitrogen and oxygen atoms in total. The number of benzene rings is 1. The van der Waals surface area contributed by atoms with Crippen LogP contribution in [-0.4, -0.2) is 11.0 Å². The van der Waals surface area contributed by atoms with Crippen LogP contribution in [0.5, 0.6) is 0 Å². The zero-order valence-electron chi connectivity index (χ0n) is 13.7. The van der Waals surface area contributed by atoms with Gasteiger partial charge >= 0.3 is 11.6 Å². The molecule has 0 atom stereocenters. The van der Waals surface area contributed by atoms with Gasteiger partial charge < -0.3 is 9.15 Å². The fourth-order valence-corrected chi connectivity index (χ4v) is 4.16. The van der Waals surface area contributed by atoms with Crippen LogP contribution in [-0.2, 0) is 11.3 Å². The van der Waals surface area contributed by atoms with Gasteiger partial charge in [0, 0.05) is 22.4 Å². The van der Waals surface area contributed by atoms with E-state index in [0.29, 0.717) is 11.1 Å². The largest absolute Gasteiger partial charge is 0.456 e. The summed E-state index contributed by atoms with van der Waals surface area (Å²) >= 11 is 2.96. The number of aryl methyl sites for hydroxylation is 1. The van der Waals surface area contributed by atoms with Gasteiger partial charge in [0.25, 0.3) is 0 Å². The molecule has 0 amide bonds. The lowest BCUT2D eigenvalue weighted by atomic mass is 10.1. The Balaban J connectivity index is 1.55. The van der Waals surface area contributed by atoms with E-state index < -0.39 is 11.6 Å². The number of carbonyl (C=O) groups excluding carboxylic acids is 1. The average molecular weight is 383 g/mol. The van der Waals surface area contributed by atoms with Crippen LogP contribution in [0.1, 0.15) is 21.6 Å². The molecule has 0 radical (unpaired) electrons. The van der Waals surface area contributed by atoms with Crippen molar-refractivity contribution in [2.45, 2.75) is 13.5 Å². The first kappa shape index (κ1) is 16.7. The Morgan fingerprint density at radius 1 is 1.23 bits per heavy atom. The zero-order valence-corrected chi connectivity index (χ0v) is 15.4. The number of ether oxygens (including phenoxy) is 1. The number of fused-ring (bicyclic) bond motifs is 1. The quantitative estimate of drug-likeness (QED) is 0.379. The van der Waals surface area contributed by atoms with Crippen LogP contribution in [0.2, 0.25) is 0 Å². The van der Waals surface area contributed by atoms with Crippen molar-refractivity contribution < 1.29 is 13.9 Å². The highest BCUT2D eigenvalue weighted by Crippen LogP contribution is 2.28. The van der Waals surface area contributed by atoms with Crippen molar-refractivity contribution in [2.75, 3.05) is 0 Å². The smallest absolute Gasteiger partial charge is 0.358 e. The van der Waals surface area contributed by atoms with Gasteiger partial charge in [-0.2, -0.15) is 0 Å². The van der Waals surface area contributed by atoms with Crippen LogP contribution in [0.4, 0.5) is 0 Å². The van der Waals surface area contributed by atoms with Gasteiger partial charge in [0.15, 0.2) is 5.69 Å². The Morgan fingerprint density at radius 2 is 2.12 bits per heavy atom. The maximum Gasteiger partial charge on any atom is 0.358 e. The summed E-state index contributed by atoms with van der Waals surface area (Å²) in [4.78, 5) is 29.4. The highest BCUT2D eigenvalue weighted by molar-refractivity contribution is 7.20. The maximum atomic E-state index is 12.3. The van der Waals surface area contributed by atoms with Gasteiger partial charge in [0.1, 0.15) is 17.2 Å². The second kappa shape index (κ2) is 6.86. The summed E-state index contributed by atoms with van der Waals surface area (Å²) < 4.78 is 10.6. The van der Waals surface area contributed by atoms with Crippen LogP contribution < -0.4 is 5.63 Å². The highest BCUT2D eigenvalue weighted by Gasteiger charge is 2.15. The van der Waals surface area contributed by atoms with E-state index in [1.807, 2.05) is 36.6 Å². The molecule has 0 bridgehead atoms. The average Bonchev–Trinajstić information content (AvgIpc) is 3.29. The lowest BCUT2D eigenvalue weighted by Gasteiger charge is -2.06. The first-order valence-electron chi connectivity index (χ1n) is 7.80. The molecule has 4 rings (SSSR count). The molecule has 0 aliphatic rings. The van der Waals surface area contributed by atoms with Gasteiger partial charge in [-0.1, -0.05) is 18.2 Å². The van der Waals surface area contributed by atoms with Gasteiger partial charge in [0.05, 0.1) is 4.88 Å². The molecule has 26 heavy (non-hydrogen) atoms. The van der Waals surface area contributed by atoms with E-state index in [4.69, 9.17) is 9.15 Å². The minimum Gasteiger partial charge on any atom is -0.456 e. The number of hydrogen-bond donors (Lipinski definition) is 0. The fraction of sp³-hybridized carbons (Fsp3) is 0.105. The van der Waals surface area contributed by atoms with Crippen molar-refractivity contribution in [1.29, 1.82) is 0 Å². The third-order valence-corrected chi connectivity index (χ3v) is 5.67. The highest BCUT2D eigenvalue weighted by atomic mass is 32.1. The molecule has 3 heterocycles. The summed E-state index contributed by atoms with van der Waals surface area (Å²) in [7, 11) is 0. The van der Waals surface area contributed by atoms with E-state index in [9.17, 15) is 9.59 Å². The first-order chi connectivity index (χ1) is 12.6. The van der Waals surface area contributed by atoms with Crippen LogP contribution in [0, 0.1) is 6.92 Å². The Kier molecular flexibility index (Phi) is 4.40. The number of hydrogen-bond acceptors (Lipinski definition) is 7. The molecule has 0 spiro atoms. The SMILES string of the molecule is Cc1ccc2c(COC(=O)c3csc(-c4cccs4)n3)cc(=O)oc2c1. The first-order valence-corrected chi connectivity index (χ1v) is 9.56. The van der Waals surface area contributed by atoms with Gasteiger partial charge in [-0.15, -0.1) is 22.7 Å². The van der Waals surface area contributed by atoms with Gasteiger partial charge in [0.2, 0.25) is 0 Å². The molecule has 0 fully saturated rings. The minimum atomic E-state index is -0.516. The second-order valence-corrected chi connectivity index (χ2v) is 7.49. The maximum absolute atomic E-state index is 12.3. The lowest BCUT2D eigenvalue weighted by molar-refractivity contribution is 0.0468. The van der Waals surface area contributed by atoms with Crippen LogP contribution in [0.25, 0.3) is 20.9 Å². The zero-order chi connectivity index (χ0) is 18.1. The van der Waals surface area contributed by atoms with Gasteiger partial charge in [-0.25, -0.2) is 14.6 Å². The standard InChI is InChI=1S/C19H13NO4S2/c1-11-4-5-13-12(8-17(21)24-15(13)7-11)9-23-19(22)14-10-26-18(20-14)16-3-2-6-25-16/h2-8,10H,9H2,1H3. The van der Waals surface area contributed by atoms with Crippen molar-refractivity contribution in [3.8, 4) is 9.88 Å². The monoisotopic (exact) mass is 383 g/mol. The predicted molar refractivity (Wildman–Crippen MR) is 102 cm³/mol. The normalized spacial score (nSPS) is 11.0. The Bertz CT molecular complexity index is 1140. The Labute approximate surface area is 156 Å². The van der Waals surface area contributed by atoms with Crippen molar-refractivity contribution in [3.63, 3.8) is 0 Å². The molecule has 4 aromatic rings. The molecule has 0 saturated heterocycles. The Morgan fingerprint density at radius 3 is 2.92 bits per heavy atom. The number of aromatic nitrogens is 1. The molecule has 130 valence electrons. The number of nitrogens with zero attached hydrogens (tertiary/aromatic N) is 1. The summed E-state index contributed by atoms with van der Waals surface area (Å²) in [6, 6.07) is 10.8. The van der Waals surface area contributed by atoms with E-state index in [2.05, 4.69) is 4.98 Å². The van der Waals surface area contributed by atoms with E-state index in [0.717, 1.165) is 20.8 Å². The molecular weight excluding hydrogens is 370 g/mol. The summed E-state index contributed by atoms with van der Waals surface area (Å²) in [6.07, 6.45) is 0. The number of thiophene rings is 1. The summed E-state index contributed by atoms with van der Waals surface area (Å²) in [6.45, 7) is 1.90. The number of rotatable bonds is 4. The predicted octanol–water partition coefficient (Wildman–Crippen LogP) is 4.64. The van der Waals surface area contributed by atoms with Crippen LogP contribution >= 0.6 is 22.7 Å². The second-order valence-electron chi connectivity index (χ2n) is 5.68. The minimum absolute atomic E-state index is 0.0180. The molecule has 7 heteroatoms. The summed E-state index contributed by atoms with van der Waals surface area (Å²) in [5.74, 6) is -0.516. The Hall–Kier alpha value is -2.77. The van der Waals surface area contributed by atoms with Crippen LogP contribution in [0.15, 0.2) is 56.4 Å². The molecule has 0 unspecified atom stereocenters. The molecule has 0 aliphatic heterocycles. The van der Waals surface area contributed by atoms with Crippen LogP contribution in [0.3, 0.4) is 0 Å². The van der Waals surface area contributed by atoms with E-state index in [1.165, 1.54) is 17.4 Å². The molecular formula is C19H13NO4S2. The summed E-state index contributed by atoms with van der Waals surface area (Å²) in [5.41, 5.74) is 1.87. The van der Waals surface area contributed by atoms with Crippen molar-refractivity contribution in [3.05, 3.63) is 74.4 Å².